The zero-order valence-corrected chi connectivity index (χ0v) is 36.2. The zero-order chi connectivity index (χ0) is 25.3. The molecule has 0 fully saturated rings. The Morgan fingerprint density at radius 1 is 0.450 bits per heavy atom. The van der Waals surface area contributed by atoms with Gasteiger partial charge in [0.25, 0.3) is 0 Å². The SMILES string of the molecule is CCCCN1C=CN(C)C1.CCN1C=CN(C)C1.CCN1C=CN(C)C1.CCN1C=CN(C)C1.Cl.Cl.[Cl-].[Cl-].[K+].[K+]. The summed E-state index contributed by atoms with van der Waals surface area (Å²) < 4.78 is 0. The van der Waals surface area contributed by atoms with Gasteiger partial charge in [0.05, 0.1) is 26.7 Å². The normalized spacial score (nSPS) is 15.2. The van der Waals surface area contributed by atoms with Crippen LogP contribution in [-0.4, -0.2) is 120 Å². The smallest absolute Gasteiger partial charge is 1.00 e. The first-order chi connectivity index (χ1) is 16.3. The number of nitrogens with zero attached hydrogens (tertiary/aromatic N) is 8. The van der Waals surface area contributed by atoms with E-state index in [1.807, 2.05) is 0 Å². The molecule has 4 aliphatic heterocycles. The molecule has 40 heavy (non-hydrogen) atoms. The average molecular weight is 699 g/mol. The van der Waals surface area contributed by atoms with Crippen LogP contribution in [0.2, 0.25) is 0 Å². The molecule has 0 amide bonds. The standard InChI is InChI=1S/C8H16N2.3C6H12N2.4ClH.2K/c1-3-4-5-10-7-6-9(2)8-10;3*1-3-8-5-4-7(2)6-8;;;;;;/h6-7H,3-5,8H2,1-2H3;3*4-5H,3,6H2,1-2H3;4*1H;;/q;;;;;;;;2*+1/p-2. The first-order valence-corrected chi connectivity index (χ1v) is 12.8. The summed E-state index contributed by atoms with van der Waals surface area (Å²) in [6.07, 6.45) is 19.5. The molecule has 0 aliphatic carbocycles. The molecule has 0 aromatic carbocycles. The molecule has 0 atom stereocenters. The van der Waals surface area contributed by atoms with Crippen molar-refractivity contribution in [3.05, 3.63) is 49.6 Å². The molecule has 4 aliphatic rings. The number of rotatable bonds is 6. The van der Waals surface area contributed by atoms with E-state index in [0.29, 0.717) is 0 Å². The van der Waals surface area contributed by atoms with Gasteiger partial charge in [-0.05, 0) is 27.2 Å². The largest absolute Gasteiger partial charge is 1.00 e. The van der Waals surface area contributed by atoms with E-state index in [1.54, 1.807) is 0 Å². The van der Waals surface area contributed by atoms with Crippen LogP contribution in [0.25, 0.3) is 0 Å². The number of hydrogen-bond acceptors (Lipinski definition) is 8. The first kappa shape index (κ1) is 54.3. The van der Waals surface area contributed by atoms with Gasteiger partial charge in [-0.3, -0.25) is 0 Å². The minimum Gasteiger partial charge on any atom is -1.00 e. The third-order valence-electron chi connectivity index (χ3n) is 5.76. The topological polar surface area (TPSA) is 25.9 Å². The van der Waals surface area contributed by atoms with Crippen LogP contribution in [0.5, 0.6) is 0 Å². The van der Waals surface area contributed by atoms with E-state index in [-0.39, 0.29) is 152 Å². The first-order valence-electron chi connectivity index (χ1n) is 12.8. The second-order valence-corrected chi connectivity index (χ2v) is 9.17. The van der Waals surface area contributed by atoms with E-state index in [9.17, 15) is 0 Å². The second kappa shape index (κ2) is 33.7. The van der Waals surface area contributed by atoms with Crippen molar-refractivity contribution in [3.8, 4) is 0 Å². The molecular weight excluding hydrogens is 644 g/mol. The molecule has 0 saturated heterocycles. The van der Waals surface area contributed by atoms with E-state index in [1.165, 1.54) is 19.4 Å². The van der Waals surface area contributed by atoms with Gasteiger partial charge in [0.1, 0.15) is 0 Å². The number of unbranched alkanes of at least 4 members (excludes halogenated alkanes) is 1. The van der Waals surface area contributed by atoms with Crippen LogP contribution in [0.4, 0.5) is 0 Å². The van der Waals surface area contributed by atoms with Crippen molar-refractivity contribution in [2.75, 3.05) is 81.0 Å². The summed E-state index contributed by atoms with van der Waals surface area (Å²) in [7, 11) is 8.33. The Labute approximate surface area is 357 Å². The predicted molar refractivity (Wildman–Crippen MR) is 160 cm³/mol. The van der Waals surface area contributed by atoms with Crippen LogP contribution < -0.4 is 128 Å². The third kappa shape index (κ3) is 26.2. The molecule has 0 radical (unpaired) electrons. The van der Waals surface area contributed by atoms with Crippen LogP contribution in [0.1, 0.15) is 40.5 Å². The maximum Gasteiger partial charge on any atom is 1.00 e. The molecular formula is C26H54Cl4K2N8. The molecule has 0 unspecified atom stereocenters. The molecule has 8 nitrogen and oxygen atoms in total. The number of hydrogen-bond donors (Lipinski definition) is 0. The van der Waals surface area contributed by atoms with E-state index >= 15 is 0 Å². The maximum atomic E-state index is 2.34. The van der Waals surface area contributed by atoms with Gasteiger partial charge < -0.3 is 64.0 Å². The van der Waals surface area contributed by atoms with Crippen molar-refractivity contribution >= 4 is 24.8 Å². The fraction of sp³-hybridized carbons (Fsp3) is 0.692. The summed E-state index contributed by atoms with van der Waals surface area (Å²) in [4.78, 5) is 17.7. The average Bonchev–Trinajstić information content (AvgIpc) is 3.63. The van der Waals surface area contributed by atoms with Crippen molar-refractivity contribution < 1.29 is 128 Å². The van der Waals surface area contributed by atoms with Crippen molar-refractivity contribution in [3.63, 3.8) is 0 Å². The minimum atomic E-state index is 0. The molecule has 0 spiro atoms. The van der Waals surface area contributed by atoms with E-state index in [0.717, 1.165) is 46.3 Å². The molecule has 0 N–H and O–H groups in total. The molecule has 0 saturated carbocycles. The van der Waals surface area contributed by atoms with Crippen LogP contribution in [0, 0.1) is 0 Å². The van der Waals surface area contributed by atoms with Gasteiger partial charge in [0.2, 0.25) is 0 Å². The zero-order valence-electron chi connectivity index (χ0n) is 26.8. The second-order valence-electron chi connectivity index (χ2n) is 9.17. The van der Waals surface area contributed by atoms with Crippen molar-refractivity contribution in [2.24, 2.45) is 0 Å². The number of halogens is 4. The Morgan fingerprint density at radius 3 is 0.850 bits per heavy atom. The van der Waals surface area contributed by atoms with Gasteiger partial charge in [0.15, 0.2) is 0 Å². The summed E-state index contributed by atoms with van der Waals surface area (Å²) in [5.74, 6) is 0. The van der Waals surface area contributed by atoms with Gasteiger partial charge in [0, 0.05) is 104 Å². The molecule has 4 rings (SSSR count). The van der Waals surface area contributed by atoms with Gasteiger partial charge in [-0.1, -0.05) is 13.3 Å². The van der Waals surface area contributed by atoms with E-state index in [4.69, 9.17) is 0 Å². The van der Waals surface area contributed by atoms with E-state index in [2.05, 4.69) is 145 Å². The monoisotopic (exact) mass is 696 g/mol. The summed E-state index contributed by atoms with van der Waals surface area (Å²) in [5.41, 5.74) is 0. The van der Waals surface area contributed by atoms with Gasteiger partial charge >= 0.3 is 103 Å². The summed E-state index contributed by atoms with van der Waals surface area (Å²) in [5, 5.41) is 0. The van der Waals surface area contributed by atoms with Crippen LogP contribution in [-0.2, 0) is 0 Å². The fourth-order valence-corrected chi connectivity index (χ4v) is 3.48. The van der Waals surface area contributed by atoms with Crippen LogP contribution in [0.15, 0.2) is 49.6 Å². The Kier molecular flexibility index (Phi) is 45.7. The fourth-order valence-electron chi connectivity index (χ4n) is 3.48. The Bertz CT molecular complexity index is 600. The maximum absolute atomic E-state index is 2.34. The van der Waals surface area contributed by atoms with Crippen LogP contribution in [0.3, 0.4) is 0 Å². The molecule has 0 aromatic heterocycles. The van der Waals surface area contributed by atoms with Gasteiger partial charge in [-0.25, -0.2) is 0 Å². The Morgan fingerprint density at radius 2 is 0.700 bits per heavy atom. The van der Waals surface area contributed by atoms with Crippen molar-refractivity contribution in [1.82, 2.24) is 39.2 Å². The molecule has 228 valence electrons. The van der Waals surface area contributed by atoms with Gasteiger partial charge in [-0.2, -0.15) is 0 Å². The minimum absolute atomic E-state index is 0. The quantitative estimate of drug-likeness (QED) is 0.253. The summed E-state index contributed by atoms with van der Waals surface area (Å²) >= 11 is 0. The third-order valence-corrected chi connectivity index (χ3v) is 5.76. The molecule has 0 bridgehead atoms. The van der Waals surface area contributed by atoms with E-state index < -0.39 is 0 Å². The molecule has 4 heterocycles. The van der Waals surface area contributed by atoms with Gasteiger partial charge in [-0.15, -0.1) is 24.8 Å². The Balaban J connectivity index is -0.0000000921. The Hall–Kier alpha value is 1.79. The molecule has 14 heteroatoms. The summed E-state index contributed by atoms with van der Waals surface area (Å²) in [6.45, 7) is 17.5. The summed E-state index contributed by atoms with van der Waals surface area (Å²) in [6, 6.07) is 0. The van der Waals surface area contributed by atoms with Crippen molar-refractivity contribution in [2.45, 2.75) is 40.5 Å². The molecule has 0 aromatic rings. The van der Waals surface area contributed by atoms with Crippen molar-refractivity contribution in [1.29, 1.82) is 0 Å². The predicted octanol–water partition coefficient (Wildman–Crippen LogP) is -7.63. The van der Waals surface area contributed by atoms with Crippen LogP contribution >= 0.6 is 24.8 Å².